The number of hydrogen-bond donors (Lipinski definition) is 1. The van der Waals surface area contributed by atoms with Crippen molar-refractivity contribution >= 4 is 17.5 Å². The molecule has 1 fully saturated rings. The molecule has 1 N–H and O–H groups in total. The standard InChI is InChI=1S/C16H22N2O2/c1-4-17-12(3)13-5-7-14(8-6-13)18-15(19)9-11(2)10-16(18)20/h5-8,11-12,17H,4,9-10H2,1-3H3. The maximum absolute atomic E-state index is 12.0. The van der Waals surface area contributed by atoms with Crippen LogP contribution in [0.5, 0.6) is 0 Å². The zero-order valence-corrected chi connectivity index (χ0v) is 12.3. The Morgan fingerprint density at radius 2 is 1.75 bits per heavy atom. The van der Waals surface area contributed by atoms with Crippen LogP contribution in [0.1, 0.15) is 45.2 Å². The number of amides is 2. The molecular weight excluding hydrogens is 252 g/mol. The molecule has 0 aliphatic carbocycles. The molecule has 2 amide bonds. The van der Waals surface area contributed by atoms with Crippen LogP contribution in [0.2, 0.25) is 0 Å². The average molecular weight is 274 g/mol. The second-order valence-electron chi connectivity index (χ2n) is 5.51. The van der Waals surface area contributed by atoms with Crippen LogP contribution < -0.4 is 10.2 Å². The number of benzene rings is 1. The number of nitrogens with one attached hydrogen (secondary N) is 1. The van der Waals surface area contributed by atoms with Crippen molar-refractivity contribution in [2.75, 3.05) is 11.4 Å². The van der Waals surface area contributed by atoms with Gasteiger partial charge in [-0.25, -0.2) is 0 Å². The number of imide groups is 1. The molecule has 1 aliphatic rings. The van der Waals surface area contributed by atoms with Gasteiger partial charge < -0.3 is 5.32 Å². The highest BCUT2D eigenvalue weighted by molar-refractivity contribution is 6.16. The summed E-state index contributed by atoms with van der Waals surface area (Å²) in [5, 5.41) is 3.34. The highest BCUT2D eigenvalue weighted by Gasteiger charge is 2.31. The van der Waals surface area contributed by atoms with E-state index in [1.807, 2.05) is 31.2 Å². The van der Waals surface area contributed by atoms with Gasteiger partial charge in [0.05, 0.1) is 5.69 Å². The number of hydrogen-bond acceptors (Lipinski definition) is 3. The van der Waals surface area contributed by atoms with Crippen LogP contribution in [0, 0.1) is 5.92 Å². The number of anilines is 1. The SMILES string of the molecule is CCNC(C)c1ccc(N2C(=O)CC(C)CC2=O)cc1. The summed E-state index contributed by atoms with van der Waals surface area (Å²) in [6, 6.07) is 7.92. The summed E-state index contributed by atoms with van der Waals surface area (Å²) in [5.41, 5.74) is 1.83. The lowest BCUT2D eigenvalue weighted by atomic mass is 9.97. The molecular formula is C16H22N2O2. The molecule has 4 heteroatoms. The van der Waals surface area contributed by atoms with Gasteiger partial charge in [-0.1, -0.05) is 26.0 Å². The number of carbonyl (C=O) groups is 2. The monoisotopic (exact) mass is 274 g/mol. The van der Waals surface area contributed by atoms with Gasteiger partial charge in [-0.15, -0.1) is 0 Å². The lowest BCUT2D eigenvalue weighted by Gasteiger charge is -2.28. The van der Waals surface area contributed by atoms with Crippen molar-refractivity contribution in [2.45, 2.75) is 39.7 Å². The Labute approximate surface area is 120 Å². The highest BCUT2D eigenvalue weighted by Crippen LogP contribution is 2.26. The van der Waals surface area contributed by atoms with E-state index in [1.54, 1.807) is 0 Å². The van der Waals surface area contributed by atoms with Gasteiger partial charge in [0, 0.05) is 18.9 Å². The third-order valence-corrected chi connectivity index (χ3v) is 3.71. The van der Waals surface area contributed by atoms with E-state index in [0.29, 0.717) is 18.5 Å². The van der Waals surface area contributed by atoms with Gasteiger partial charge in [0.1, 0.15) is 0 Å². The Balaban J connectivity index is 2.17. The molecule has 0 spiro atoms. The molecule has 1 unspecified atom stereocenters. The Morgan fingerprint density at radius 3 is 2.25 bits per heavy atom. The zero-order chi connectivity index (χ0) is 14.7. The molecule has 0 aromatic heterocycles. The predicted molar refractivity (Wildman–Crippen MR) is 79.4 cm³/mol. The summed E-state index contributed by atoms with van der Waals surface area (Å²) in [6.45, 7) is 7.01. The van der Waals surface area contributed by atoms with Gasteiger partial charge in [0.25, 0.3) is 0 Å². The molecule has 108 valence electrons. The van der Waals surface area contributed by atoms with Crippen LogP contribution in [-0.4, -0.2) is 18.4 Å². The highest BCUT2D eigenvalue weighted by atomic mass is 16.2. The van der Waals surface area contributed by atoms with E-state index in [-0.39, 0.29) is 23.8 Å². The summed E-state index contributed by atoms with van der Waals surface area (Å²) >= 11 is 0. The Bertz CT molecular complexity index is 478. The maximum Gasteiger partial charge on any atom is 0.234 e. The van der Waals surface area contributed by atoms with Crippen molar-refractivity contribution in [1.29, 1.82) is 0 Å². The predicted octanol–water partition coefficient (Wildman–Crippen LogP) is 2.65. The molecule has 1 saturated heterocycles. The number of rotatable bonds is 4. The van der Waals surface area contributed by atoms with Crippen LogP contribution >= 0.6 is 0 Å². The van der Waals surface area contributed by atoms with Crippen LogP contribution in [0.25, 0.3) is 0 Å². The maximum atomic E-state index is 12.0. The minimum absolute atomic E-state index is 0.0961. The molecule has 0 bridgehead atoms. The lowest BCUT2D eigenvalue weighted by molar-refractivity contribution is -0.130. The smallest absolute Gasteiger partial charge is 0.234 e. The summed E-state index contributed by atoms with van der Waals surface area (Å²) in [4.78, 5) is 25.4. The molecule has 2 rings (SSSR count). The van der Waals surface area contributed by atoms with E-state index in [4.69, 9.17) is 0 Å². The van der Waals surface area contributed by atoms with Crippen molar-refractivity contribution in [1.82, 2.24) is 5.32 Å². The topological polar surface area (TPSA) is 49.4 Å². The van der Waals surface area contributed by atoms with E-state index >= 15 is 0 Å². The van der Waals surface area contributed by atoms with Gasteiger partial charge >= 0.3 is 0 Å². The van der Waals surface area contributed by atoms with Crippen molar-refractivity contribution in [2.24, 2.45) is 5.92 Å². The lowest BCUT2D eigenvalue weighted by Crippen LogP contribution is -2.42. The minimum Gasteiger partial charge on any atom is -0.310 e. The third kappa shape index (κ3) is 3.07. The molecule has 1 aromatic carbocycles. The first-order valence-electron chi connectivity index (χ1n) is 7.22. The van der Waals surface area contributed by atoms with Crippen molar-refractivity contribution in [3.63, 3.8) is 0 Å². The Hall–Kier alpha value is -1.68. The Morgan fingerprint density at radius 1 is 1.20 bits per heavy atom. The van der Waals surface area contributed by atoms with Gasteiger partial charge in [-0.2, -0.15) is 0 Å². The second-order valence-corrected chi connectivity index (χ2v) is 5.51. The first-order chi connectivity index (χ1) is 9.52. The third-order valence-electron chi connectivity index (χ3n) is 3.71. The average Bonchev–Trinajstić information content (AvgIpc) is 2.38. The molecule has 1 heterocycles. The van der Waals surface area contributed by atoms with E-state index in [1.165, 1.54) is 4.90 Å². The summed E-state index contributed by atoms with van der Waals surface area (Å²) in [6.07, 6.45) is 0.891. The van der Waals surface area contributed by atoms with E-state index < -0.39 is 0 Å². The summed E-state index contributed by atoms with van der Waals surface area (Å²) in [7, 11) is 0. The normalized spacial score (nSPS) is 18.4. The van der Waals surface area contributed by atoms with Gasteiger partial charge in [-0.3, -0.25) is 14.5 Å². The van der Waals surface area contributed by atoms with Crippen molar-refractivity contribution in [3.8, 4) is 0 Å². The van der Waals surface area contributed by atoms with E-state index in [2.05, 4.69) is 19.2 Å². The minimum atomic E-state index is -0.0961. The summed E-state index contributed by atoms with van der Waals surface area (Å²) < 4.78 is 0. The summed E-state index contributed by atoms with van der Waals surface area (Å²) in [5.74, 6) is -0.0400. The second kappa shape index (κ2) is 6.18. The van der Waals surface area contributed by atoms with Gasteiger partial charge in [0.2, 0.25) is 11.8 Å². The fourth-order valence-corrected chi connectivity index (χ4v) is 2.61. The van der Waals surface area contributed by atoms with Crippen LogP contribution in [-0.2, 0) is 9.59 Å². The first-order valence-corrected chi connectivity index (χ1v) is 7.22. The van der Waals surface area contributed by atoms with Gasteiger partial charge in [0.15, 0.2) is 0 Å². The first kappa shape index (κ1) is 14.7. The quantitative estimate of drug-likeness (QED) is 0.859. The van der Waals surface area contributed by atoms with Crippen LogP contribution in [0.3, 0.4) is 0 Å². The molecule has 4 nitrogen and oxygen atoms in total. The Kier molecular flexibility index (Phi) is 4.55. The molecule has 1 aromatic rings. The zero-order valence-electron chi connectivity index (χ0n) is 12.3. The van der Waals surface area contributed by atoms with Crippen LogP contribution in [0.4, 0.5) is 5.69 Å². The molecule has 0 radical (unpaired) electrons. The molecule has 0 saturated carbocycles. The van der Waals surface area contributed by atoms with Crippen molar-refractivity contribution in [3.05, 3.63) is 29.8 Å². The largest absolute Gasteiger partial charge is 0.310 e. The fourth-order valence-electron chi connectivity index (χ4n) is 2.61. The number of nitrogens with zero attached hydrogens (tertiary/aromatic N) is 1. The molecule has 1 atom stereocenters. The number of piperidine rings is 1. The van der Waals surface area contributed by atoms with Gasteiger partial charge in [-0.05, 0) is 37.1 Å². The van der Waals surface area contributed by atoms with Crippen LogP contribution in [0.15, 0.2) is 24.3 Å². The number of carbonyl (C=O) groups excluding carboxylic acids is 2. The molecule has 1 aliphatic heterocycles. The van der Waals surface area contributed by atoms with Crippen molar-refractivity contribution < 1.29 is 9.59 Å². The van der Waals surface area contributed by atoms with E-state index in [9.17, 15) is 9.59 Å². The van der Waals surface area contributed by atoms with E-state index in [0.717, 1.165) is 12.1 Å². The fraction of sp³-hybridized carbons (Fsp3) is 0.500. The molecule has 20 heavy (non-hydrogen) atoms.